The summed E-state index contributed by atoms with van der Waals surface area (Å²) in [6, 6.07) is 3.94. The van der Waals surface area contributed by atoms with E-state index in [0.29, 0.717) is 12.2 Å². The zero-order valence-electron chi connectivity index (χ0n) is 17.9. The summed E-state index contributed by atoms with van der Waals surface area (Å²) in [5.74, 6) is 2.04. The topological polar surface area (TPSA) is 52.1 Å². The van der Waals surface area contributed by atoms with Crippen LogP contribution in [0.1, 0.15) is 12.8 Å². The molecule has 3 saturated heterocycles. The fourth-order valence-electron chi connectivity index (χ4n) is 4.61. The molecule has 3 aliphatic rings. The van der Waals surface area contributed by atoms with Crippen LogP contribution >= 0.6 is 35.7 Å². The average Bonchev–Trinajstić information content (AvgIpc) is 3.42. The molecule has 2 unspecified atom stereocenters. The Labute approximate surface area is 204 Å². The molecule has 0 amide bonds. The Balaban J connectivity index is 0.00000272. The predicted octanol–water partition coefficient (Wildman–Crippen LogP) is 2.53. The molecule has 1 aromatic carbocycles. The number of hydrogen-bond donors (Lipinski definition) is 2. The molecular weight excluding hydrogens is 535 g/mol. The quantitative estimate of drug-likeness (QED) is 0.324. The van der Waals surface area contributed by atoms with Crippen molar-refractivity contribution in [3.63, 3.8) is 0 Å². The first-order valence-corrected chi connectivity index (χ1v) is 11.8. The van der Waals surface area contributed by atoms with Gasteiger partial charge in [-0.15, -0.1) is 24.0 Å². The third-order valence-corrected chi connectivity index (χ3v) is 7.59. The van der Waals surface area contributed by atoms with Crippen molar-refractivity contribution in [1.82, 2.24) is 15.5 Å². The van der Waals surface area contributed by atoms with Gasteiger partial charge >= 0.3 is 0 Å². The summed E-state index contributed by atoms with van der Waals surface area (Å²) in [6.07, 6.45) is 2.05. The summed E-state index contributed by atoms with van der Waals surface area (Å²) in [4.78, 5) is 8.95. The molecule has 4 rings (SSSR count). The molecule has 10 heteroatoms. The van der Waals surface area contributed by atoms with Crippen molar-refractivity contribution in [3.8, 4) is 0 Å². The molecule has 1 aromatic rings. The second-order valence-electron chi connectivity index (χ2n) is 8.22. The van der Waals surface area contributed by atoms with E-state index in [0.717, 1.165) is 63.6 Å². The highest BCUT2D eigenvalue weighted by atomic mass is 127. The van der Waals surface area contributed by atoms with E-state index in [1.807, 2.05) is 16.7 Å². The molecule has 31 heavy (non-hydrogen) atoms. The zero-order chi connectivity index (χ0) is 21.0. The second-order valence-corrected chi connectivity index (χ2v) is 9.33. The van der Waals surface area contributed by atoms with Crippen LogP contribution in [0.15, 0.2) is 23.2 Å². The number of anilines is 1. The maximum Gasteiger partial charge on any atom is 0.191 e. The maximum atomic E-state index is 14.1. The molecule has 0 radical (unpaired) electrons. The van der Waals surface area contributed by atoms with Crippen molar-refractivity contribution >= 4 is 47.4 Å². The number of halogens is 3. The molecule has 3 heterocycles. The highest BCUT2D eigenvalue weighted by Crippen LogP contribution is 2.33. The number of nitrogens with one attached hydrogen (secondary N) is 2. The van der Waals surface area contributed by atoms with Crippen molar-refractivity contribution in [1.29, 1.82) is 0 Å². The summed E-state index contributed by atoms with van der Waals surface area (Å²) in [5, 5.41) is 7.04. The Hall–Kier alpha value is -0.850. The van der Waals surface area contributed by atoms with Crippen LogP contribution in [0.2, 0.25) is 0 Å². The monoisotopic (exact) mass is 567 g/mol. The molecule has 3 fully saturated rings. The van der Waals surface area contributed by atoms with Gasteiger partial charge in [-0.25, -0.2) is 8.78 Å². The van der Waals surface area contributed by atoms with E-state index in [-0.39, 0.29) is 35.6 Å². The molecule has 3 aliphatic heterocycles. The van der Waals surface area contributed by atoms with Crippen LogP contribution in [0.5, 0.6) is 0 Å². The highest BCUT2D eigenvalue weighted by Gasteiger charge is 2.40. The molecule has 174 valence electrons. The first-order valence-electron chi connectivity index (χ1n) is 10.7. The smallest absolute Gasteiger partial charge is 0.191 e. The molecule has 0 aromatic heterocycles. The van der Waals surface area contributed by atoms with E-state index in [2.05, 4.69) is 20.5 Å². The van der Waals surface area contributed by atoms with Gasteiger partial charge < -0.3 is 20.3 Å². The van der Waals surface area contributed by atoms with Crippen molar-refractivity contribution in [2.45, 2.75) is 24.4 Å². The van der Waals surface area contributed by atoms with Crippen LogP contribution in [0.3, 0.4) is 0 Å². The van der Waals surface area contributed by atoms with Gasteiger partial charge in [0, 0.05) is 63.2 Å². The van der Waals surface area contributed by atoms with Gasteiger partial charge in [-0.2, -0.15) is 11.8 Å². The van der Waals surface area contributed by atoms with Crippen molar-refractivity contribution in [2.75, 3.05) is 69.4 Å². The minimum atomic E-state index is -0.547. The summed E-state index contributed by atoms with van der Waals surface area (Å²) < 4.78 is 32.9. The number of rotatable bonds is 5. The predicted molar refractivity (Wildman–Crippen MR) is 134 cm³/mol. The fourth-order valence-corrected chi connectivity index (χ4v) is 6.08. The van der Waals surface area contributed by atoms with Crippen molar-refractivity contribution in [2.24, 2.45) is 4.99 Å². The Bertz CT molecular complexity index is 759. The van der Waals surface area contributed by atoms with E-state index >= 15 is 0 Å². The lowest BCUT2D eigenvalue weighted by Crippen LogP contribution is -2.60. The van der Waals surface area contributed by atoms with Crippen LogP contribution in [0, 0.1) is 11.6 Å². The number of ether oxygens (including phenoxy) is 1. The van der Waals surface area contributed by atoms with Gasteiger partial charge in [0.1, 0.15) is 11.6 Å². The number of morpholine rings is 1. The van der Waals surface area contributed by atoms with Crippen LogP contribution in [0.25, 0.3) is 0 Å². The summed E-state index contributed by atoms with van der Waals surface area (Å²) in [7, 11) is 1.78. The zero-order valence-corrected chi connectivity index (χ0v) is 21.1. The Morgan fingerprint density at radius 3 is 2.77 bits per heavy atom. The van der Waals surface area contributed by atoms with Crippen LogP contribution < -0.4 is 15.5 Å². The lowest BCUT2D eigenvalue weighted by molar-refractivity contribution is -0.0120. The van der Waals surface area contributed by atoms with Gasteiger partial charge in [-0.3, -0.25) is 9.89 Å². The van der Waals surface area contributed by atoms with Crippen molar-refractivity contribution < 1.29 is 13.5 Å². The number of thioether (sulfide) groups is 1. The van der Waals surface area contributed by atoms with Crippen molar-refractivity contribution in [3.05, 3.63) is 29.8 Å². The third kappa shape index (κ3) is 5.94. The summed E-state index contributed by atoms with van der Waals surface area (Å²) in [6.45, 7) is 5.81. The number of aliphatic imine (C=N–C) groups is 1. The average molecular weight is 567 g/mol. The van der Waals surface area contributed by atoms with Gasteiger partial charge in [0.2, 0.25) is 0 Å². The Morgan fingerprint density at radius 2 is 2.10 bits per heavy atom. The maximum absolute atomic E-state index is 14.1. The van der Waals surface area contributed by atoms with Gasteiger partial charge in [0.05, 0.1) is 18.9 Å². The van der Waals surface area contributed by atoms with Gasteiger partial charge in [-0.05, 0) is 30.7 Å². The van der Waals surface area contributed by atoms with E-state index in [1.54, 1.807) is 7.05 Å². The second kappa shape index (κ2) is 11.3. The van der Waals surface area contributed by atoms with E-state index in [9.17, 15) is 8.78 Å². The van der Waals surface area contributed by atoms with Gasteiger partial charge in [0.25, 0.3) is 0 Å². The molecule has 2 N–H and O–H groups in total. The molecule has 0 aliphatic carbocycles. The number of benzene rings is 1. The molecule has 0 bridgehead atoms. The molecule has 0 spiro atoms. The first kappa shape index (κ1) is 24.8. The number of guanidine groups is 1. The van der Waals surface area contributed by atoms with E-state index in [4.69, 9.17) is 4.74 Å². The molecule has 0 saturated carbocycles. The minimum Gasteiger partial charge on any atom is -0.379 e. The Kier molecular flexibility index (Phi) is 9.06. The Morgan fingerprint density at radius 1 is 1.29 bits per heavy atom. The fraction of sp³-hybridized carbons (Fsp3) is 0.667. The van der Waals surface area contributed by atoms with Gasteiger partial charge in [0.15, 0.2) is 5.96 Å². The summed E-state index contributed by atoms with van der Waals surface area (Å²) in [5.41, 5.74) is 0.600. The minimum absolute atomic E-state index is 0. The number of hydrogen-bond acceptors (Lipinski definition) is 5. The molecule has 2 atom stereocenters. The molecular formula is C21H32F2IN5OS. The highest BCUT2D eigenvalue weighted by molar-refractivity contribution is 14.0. The number of nitrogens with zero attached hydrogens (tertiary/aromatic N) is 3. The summed E-state index contributed by atoms with van der Waals surface area (Å²) >= 11 is 2.02. The molecule has 6 nitrogen and oxygen atoms in total. The van der Waals surface area contributed by atoms with Crippen LogP contribution in [-0.2, 0) is 4.74 Å². The van der Waals surface area contributed by atoms with Crippen LogP contribution in [-0.4, -0.2) is 86.9 Å². The largest absolute Gasteiger partial charge is 0.379 e. The van der Waals surface area contributed by atoms with Gasteiger partial charge in [-0.1, -0.05) is 0 Å². The lowest BCUT2D eigenvalue weighted by atomic mass is 9.95. The SMILES string of the molecule is CN=C(NCC1(N2CCOCC2)CCSC1)NC1CCN(c2ccc(F)cc2F)C1.I. The van der Waals surface area contributed by atoms with Crippen LogP contribution in [0.4, 0.5) is 14.5 Å². The van der Waals surface area contributed by atoms with E-state index < -0.39 is 11.6 Å². The van der Waals surface area contributed by atoms with E-state index in [1.165, 1.54) is 24.3 Å². The lowest BCUT2D eigenvalue weighted by Gasteiger charge is -2.43. The first-order chi connectivity index (χ1) is 14.6. The normalized spacial score (nSPS) is 27.3. The standard InChI is InChI=1S/C21H31F2N5OS.HI/c1-24-20(25-14-21(5-11-30-15-21)28-7-9-29-10-8-28)26-17-4-6-27(13-17)19-3-2-16(22)12-18(19)23;/h2-3,12,17H,4-11,13-15H2,1H3,(H2,24,25,26);1H. The third-order valence-electron chi connectivity index (χ3n) is 6.35.